The topological polar surface area (TPSA) is 78.2 Å². The highest BCUT2D eigenvalue weighted by Gasteiger charge is 1.99. The van der Waals surface area contributed by atoms with E-state index < -0.39 is 11.9 Å². The smallest absolute Gasteiger partial charge is 0.331 e. The second kappa shape index (κ2) is 2.86. The molecule has 9 heavy (non-hydrogen) atoms. The minimum absolute atomic E-state index is 0.116. The highest BCUT2D eigenvalue weighted by molar-refractivity contribution is 5.96. The highest BCUT2D eigenvalue weighted by Crippen LogP contribution is 1.89. The van der Waals surface area contributed by atoms with Gasteiger partial charge in [0.1, 0.15) is 0 Å². The number of carboxylic acids is 1. The second-order valence-corrected chi connectivity index (χ2v) is 1.50. The molecule has 0 aliphatic heterocycles. The maximum Gasteiger partial charge on any atom is 0.331 e. The molecule has 1 amide bonds. The van der Waals surface area contributed by atoms with Gasteiger partial charge >= 0.3 is 5.97 Å². The molecule has 1 radical (unpaired) electrons. The number of aliphatic carboxylic acids is 1. The van der Waals surface area contributed by atoms with E-state index in [-0.39, 0.29) is 5.57 Å². The Kier molecular flexibility index (Phi) is 2.44. The molecule has 0 aromatic carbocycles. The molecule has 2 N–H and O–H groups in total. The first-order chi connectivity index (χ1) is 4.04. The van der Waals surface area contributed by atoms with Gasteiger partial charge in [0.2, 0.25) is 0 Å². The molecule has 0 spiro atoms. The molecule has 0 aromatic heterocycles. The SMILES string of the molecule is C/C(=C/C([NH])=O)C(=O)O. The molecule has 0 aliphatic rings. The quantitative estimate of drug-likeness (QED) is 0.524. The number of hydrogen-bond acceptors (Lipinski definition) is 2. The van der Waals surface area contributed by atoms with E-state index in [1.54, 1.807) is 0 Å². The third-order valence-corrected chi connectivity index (χ3v) is 0.685. The normalized spacial score (nSPS) is 11.0. The van der Waals surface area contributed by atoms with Crippen molar-refractivity contribution in [1.29, 1.82) is 0 Å². The molecule has 0 aromatic rings. The standard InChI is InChI=1S/C5H6NO3/c1-3(5(8)9)2-4(6)7/h2,6H,1H3,(H,8,9)/b3-2-. The highest BCUT2D eigenvalue weighted by atomic mass is 16.4. The molecule has 0 fully saturated rings. The molecule has 0 atom stereocenters. The summed E-state index contributed by atoms with van der Waals surface area (Å²) in [5.74, 6) is -2.16. The first kappa shape index (κ1) is 7.68. The third-order valence-electron chi connectivity index (χ3n) is 0.685. The summed E-state index contributed by atoms with van der Waals surface area (Å²) in [4.78, 5) is 19.8. The zero-order valence-corrected chi connectivity index (χ0v) is 4.84. The van der Waals surface area contributed by atoms with E-state index in [1.807, 2.05) is 0 Å². The van der Waals surface area contributed by atoms with Crippen molar-refractivity contribution in [2.75, 3.05) is 0 Å². The van der Waals surface area contributed by atoms with Gasteiger partial charge in [-0.2, -0.15) is 0 Å². The minimum atomic E-state index is -1.17. The van der Waals surface area contributed by atoms with E-state index in [0.717, 1.165) is 6.08 Å². The lowest BCUT2D eigenvalue weighted by molar-refractivity contribution is -0.132. The Balaban J connectivity index is 4.17. The molecule has 0 unspecified atom stereocenters. The summed E-state index contributed by atoms with van der Waals surface area (Å²) in [6.07, 6.45) is 0.752. The van der Waals surface area contributed by atoms with Crippen LogP contribution in [0.3, 0.4) is 0 Å². The van der Waals surface area contributed by atoms with Gasteiger partial charge in [0, 0.05) is 11.6 Å². The Morgan fingerprint density at radius 3 is 2.11 bits per heavy atom. The van der Waals surface area contributed by atoms with Crippen molar-refractivity contribution >= 4 is 11.9 Å². The molecule has 49 valence electrons. The van der Waals surface area contributed by atoms with Crippen molar-refractivity contribution in [3.05, 3.63) is 11.6 Å². The fourth-order valence-electron chi connectivity index (χ4n) is 0.258. The summed E-state index contributed by atoms with van der Waals surface area (Å²) in [6.45, 7) is 1.26. The van der Waals surface area contributed by atoms with Crippen LogP contribution in [0.2, 0.25) is 0 Å². The van der Waals surface area contributed by atoms with Gasteiger partial charge in [-0.15, -0.1) is 0 Å². The van der Waals surface area contributed by atoms with Gasteiger partial charge in [-0.25, -0.2) is 4.79 Å². The van der Waals surface area contributed by atoms with Crippen molar-refractivity contribution in [2.24, 2.45) is 0 Å². The number of carbonyl (C=O) groups is 2. The Bertz CT molecular complexity index is 171. The van der Waals surface area contributed by atoms with Crippen LogP contribution < -0.4 is 5.73 Å². The molecule has 0 heterocycles. The largest absolute Gasteiger partial charge is 0.478 e. The lowest BCUT2D eigenvalue weighted by atomic mass is 10.3. The van der Waals surface area contributed by atoms with Crippen LogP contribution in [0.25, 0.3) is 0 Å². The number of carbonyl (C=O) groups excluding carboxylic acids is 1. The summed E-state index contributed by atoms with van der Waals surface area (Å²) in [5, 5.41) is 8.13. The summed E-state index contributed by atoms with van der Waals surface area (Å²) < 4.78 is 0. The van der Waals surface area contributed by atoms with Gasteiger partial charge in [0.05, 0.1) is 0 Å². The van der Waals surface area contributed by atoms with Crippen LogP contribution in [0, 0.1) is 0 Å². The average Bonchev–Trinajstić information content (AvgIpc) is 1.63. The summed E-state index contributed by atoms with van der Waals surface area (Å²) >= 11 is 0. The maximum absolute atomic E-state index is 9.93. The minimum Gasteiger partial charge on any atom is -0.478 e. The Morgan fingerprint density at radius 2 is 2.00 bits per heavy atom. The van der Waals surface area contributed by atoms with Crippen molar-refractivity contribution in [3.63, 3.8) is 0 Å². The zero-order chi connectivity index (χ0) is 7.44. The number of carboxylic acid groups (broad SMARTS) is 1. The van der Waals surface area contributed by atoms with Crippen molar-refractivity contribution < 1.29 is 14.7 Å². The Labute approximate surface area is 52.0 Å². The second-order valence-electron chi connectivity index (χ2n) is 1.50. The van der Waals surface area contributed by atoms with Crippen LogP contribution in [0.15, 0.2) is 11.6 Å². The summed E-state index contributed by atoms with van der Waals surface area (Å²) in [6, 6.07) is 0. The van der Waals surface area contributed by atoms with Crippen molar-refractivity contribution in [3.8, 4) is 0 Å². The zero-order valence-electron chi connectivity index (χ0n) is 4.84. The molecule has 0 aliphatic carbocycles. The van der Waals surface area contributed by atoms with E-state index in [0.29, 0.717) is 0 Å². The van der Waals surface area contributed by atoms with Crippen LogP contribution in [0.5, 0.6) is 0 Å². The molecule has 4 heteroatoms. The molecule has 4 nitrogen and oxygen atoms in total. The van der Waals surface area contributed by atoms with E-state index in [2.05, 4.69) is 0 Å². The van der Waals surface area contributed by atoms with Crippen LogP contribution >= 0.6 is 0 Å². The van der Waals surface area contributed by atoms with Gasteiger partial charge in [-0.05, 0) is 6.92 Å². The van der Waals surface area contributed by atoms with Crippen LogP contribution in [-0.2, 0) is 9.59 Å². The first-order valence-electron chi connectivity index (χ1n) is 2.21. The average molecular weight is 128 g/mol. The van der Waals surface area contributed by atoms with Crippen molar-refractivity contribution in [2.45, 2.75) is 6.92 Å². The molecular weight excluding hydrogens is 122 g/mol. The van der Waals surface area contributed by atoms with Gasteiger partial charge in [-0.1, -0.05) is 0 Å². The number of hydrogen-bond donors (Lipinski definition) is 1. The van der Waals surface area contributed by atoms with E-state index in [4.69, 9.17) is 10.8 Å². The number of amides is 1. The molecule has 0 saturated heterocycles. The lowest BCUT2D eigenvalue weighted by Crippen LogP contribution is -2.00. The molecule has 0 bridgehead atoms. The molecular formula is C5H6NO3. The monoisotopic (exact) mass is 128 g/mol. The summed E-state index contributed by atoms with van der Waals surface area (Å²) in [5.41, 5.74) is 6.21. The fraction of sp³-hybridized carbons (Fsp3) is 0.200. The van der Waals surface area contributed by atoms with E-state index >= 15 is 0 Å². The van der Waals surface area contributed by atoms with Crippen molar-refractivity contribution in [1.82, 2.24) is 5.73 Å². The Morgan fingerprint density at radius 1 is 1.56 bits per heavy atom. The molecule has 0 rings (SSSR count). The lowest BCUT2D eigenvalue weighted by Gasteiger charge is -1.86. The predicted molar refractivity (Wildman–Crippen MR) is 29.5 cm³/mol. The van der Waals surface area contributed by atoms with Crippen LogP contribution in [-0.4, -0.2) is 17.0 Å². The summed E-state index contributed by atoms with van der Waals surface area (Å²) in [7, 11) is 0. The van der Waals surface area contributed by atoms with Crippen LogP contribution in [0.4, 0.5) is 0 Å². The Hall–Kier alpha value is -1.32. The van der Waals surface area contributed by atoms with Gasteiger partial charge < -0.3 is 5.11 Å². The van der Waals surface area contributed by atoms with E-state index in [9.17, 15) is 9.59 Å². The van der Waals surface area contributed by atoms with Gasteiger partial charge in [0.25, 0.3) is 5.91 Å². The predicted octanol–water partition coefficient (Wildman–Crippen LogP) is -0.173. The number of nitrogens with one attached hydrogen (secondary N) is 1. The fourth-order valence-corrected chi connectivity index (χ4v) is 0.258. The van der Waals surface area contributed by atoms with E-state index in [1.165, 1.54) is 6.92 Å². The maximum atomic E-state index is 9.93. The third kappa shape index (κ3) is 3.28. The number of rotatable bonds is 2. The first-order valence-corrected chi connectivity index (χ1v) is 2.21. The molecule has 0 saturated carbocycles. The van der Waals surface area contributed by atoms with Gasteiger partial charge in [-0.3, -0.25) is 10.5 Å². The van der Waals surface area contributed by atoms with Gasteiger partial charge in [0.15, 0.2) is 0 Å². The van der Waals surface area contributed by atoms with Crippen LogP contribution in [0.1, 0.15) is 6.92 Å².